The SMILES string of the molecule is [CH]c1ccccc1-c1ccc(-c2cnc(NC3CCOCC3)nc2)c(F)c1. The zero-order valence-electron chi connectivity index (χ0n) is 14.9. The average molecular weight is 361 g/mol. The first kappa shape index (κ1) is 17.6. The number of benzene rings is 2. The molecule has 0 saturated carbocycles. The van der Waals surface area contributed by atoms with E-state index in [-0.39, 0.29) is 5.82 Å². The van der Waals surface area contributed by atoms with Gasteiger partial charge in [0.15, 0.2) is 0 Å². The van der Waals surface area contributed by atoms with Crippen molar-refractivity contribution < 1.29 is 9.13 Å². The summed E-state index contributed by atoms with van der Waals surface area (Å²) in [5.74, 6) is 0.226. The van der Waals surface area contributed by atoms with Crippen molar-refractivity contribution in [2.45, 2.75) is 18.9 Å². The van der Waals surface area contributed by atoms with E-state index in [9.17, 15) is 4.39 Å². The molecule has 4 rings (SSSR count). The fourth-order valence-corrected chi connectivity index (χ4v) is 3.24. The molecule has 3 aromatic rings. The summed E-state index contributed by atoms with van der Waals surface area (Å²) in [4.78, 5) is 8.67. The highest BCUT2D eigenvalue weighted by molar-refractivity contribution is 5.72. The minimum Gasteiger partial charge on any atom is -0.381 e. The highest BCUT2D eigenvalue weighted by atomic mass is 19.1. The van der Waals surface area contributed by atoms with Gasteiger partial charge in [-0.15, -0.1) is 0 Å². The number of halogens is 1. The summed E-state index contributed by atoms with van der Waals surface area (Å²) in [5.41, 5.74) is 3.28. The Morgan fingerprint density at radius 1 is 0.963 bits per heavy atom. The molecule has 4 nitrogen and oxygen atoms in total. The first-order valence-corrected chi connectivity index (χ1v) is 9.02. The van der Waals surface area contributed by atoms with Crippen molar-refractivity contribution in [3.05, 3.63) is 73.2 Å². The van der Waals surface area contributed by atoms with Crippen LogP contribution in [-0.4, -0.2) is 29.2 Å². The van der Waals surface area contributed by atoms with Crippen LogP contribution in [0.1, 0.15) is 18.4 Å². The quantitative estimate of drug-likeness (QED) is 0.738. The maximum absolute atomic E-state index is 14.7. The molecule has 1 saturated heterocycles. The Hall–Kier alpha value is -2.79. The van der Waals surface area contributed by atoms with Crippen molar-refractivity contribution in [2.75, 3.05) is 18.5 Å². The lowest BCUT2D eigenvalue weighted by atomic mass is 9.98. The fraction of sp³-hybridized carbons (Fsp3) is 0.227. The predicted octanol–water partition coefficient (Wildman–Crippen LogP) is 4.60. The van der Waals surface area contributed by atoms with Crippen LogP contribution in [-0.2, 0) is 4.74 Å². The van der Waals surface area contributed by atoms with Gasteiger partial charge >= 0.3 is 0 Å². The fourth-order valence-electron chi connectivity index (χ4n) is 3.24. The second kappa shape index (κ2) is 7.84. The second-order valence-electron chi connectivity index (χ2n) is 6.61. The van der Waals surface area contributed by atoms with Crippen LogP contribution in [0.5, 0.6) is 0 Å². The molecule has 0 bridgehead atoms. The summed E-state index contributed by atoms with van der Waals surface area (Å²) in [5, 5.41) is 3.30. The molecule has 0 atom stereocenters. The number of hydrogen-bond donors (Lipinski definition) is 1. The van der Waals surface area contributed by atoms with Crippen LogP contribution in [0.15, 0.2) is 54.9 Å². The normalized spacial score (nSPS) is 14.9. The molecule has 136 valence electrons. The van der Waals surface area contributed by atoms with E-state index in [1.54, 1.807) is 24.5 Å². The molecule has 0 amide bonds. The molecule has 1 aliphatic heterocycles. The predicted molar refractivity (Wildman–Crippen MR) is 104 cm³/mol. The van der Waals surface area contributed by atoms with Crippen molar-refractivity contribution in [1.82, 2.24) is 9.97 Å². The van der Waals surface area contributed by atoms with Gasteiger partial charge in [-0.05, 0) is 42.5 Å². The van der Waals surface area contributed by atoms with Gasteiger partial charge in [-0.3, -0.25) is 0 Å². The molecule has 0 spiro atoms. The van der Waals surface area contributed by atoms with Crippen LogP contribution < -0.4 is 5.32 Å². The van der Waals surface area contributed by atoms with Gasteiger partial charge < -0.3 is 10.1 Å². The van der Waals surface area contributed by atoms with E-state index < -0.39 is 0 Å². The number of nitrogens with zero attached hydrogens (tertiary/aromatic N) is 2. The molecule has 2 radical (unpaired) electrons. The van der Waals surface area contributed by atoms with E-state index in [1.165, 1.54) is 6.07 Å². The van der Waals surface area contributed by atoms with E-state index in [0.717, 1.165) is 37.2 Å². The molecule has 1 fully saturated rings. The number of anilines is 1. The van der Waals surface area contributed by atoms with Crippen LogP contribution in [0.4, 0.5) is 10.3 Å². The molecule has 1 N–H and O–H groups in total. The maximum atomic E-state index is 14.7. The monoisotopic (exact) mass is 361 g/mol. The Morgan fingerprint density at radius 3 is 2.41 bits per heavy atom. The summed E-state index contributed by atoms with van der Waals surface area (Å²) >= 11 is 0. The zero-order valence-corrected chi connectivity index (χ0v) is 14.9. The third-order valence-corrected chi connectivity index (χ3v) is 4.76. The Bertz CT molecular complexity index is 921. The van der Waals surface area contributed by atoms with Gasteiger partial charge in [-0.2, -0.15) is 0 Å². The number of rotatable bonds is 4. The Kier molecular flexibility index (Phi) is 5.12. The van der Waals surface area contributed by atoms with E-state index in [2.05, 4.69) is 15.3 Å². The highest BCUT2D eigenvalue weighted by Gasteiger charge is 2.15. The summed E-state index contributed by atoms with van der Waals surface area (Å²) in [7, 11) is 0. The molecular weight excluding hydrogens is 341 g/mol. The van der Waals surface area contributed by atoms with E-state index >= 15 is 0 Å². The highest BCUT2D eigenvalue weighted by Crippen LogP contribution is 2.29. The number of ether oxygens (including phenoxy) is 1. The third-order valence-electron chi connectivity index (χ3n) is 4.76. The smallest absolute Gasteiger partial charge is 0.222 e. The molecule has 2 aromatic carbocycles. The molecule has 2 heterocycles. The third kappa shape index (κ3) is 3.98. The summed E-state index contributed by atoms with van der Waals surface area (Å²) in [6, 6.07) is 12.8. The van der Waals surface area contributed by atoms with Gasteiger partial charge in [0.2, 0.25) is 5.95 Å². The van der Waals surface area contributed by atoms with Gasteiger partial charge in [0.25, 0.3) is 0 Å². The van der Waals surface area contributed by atoms with Gasteiger partial charge in [-0.1, -0.05) is 36.4 Å². The van der Waals surface area contributed by atoms with Gasteiger partial charge in [0.05, 0.1) is 0 Å². The molecule has 0 aliphatic carbocycles. The summed E-state index contributed by atoms with van der Waals surface area (Å²) in [6.45, 7) is 7.49. The average Bonchev–Trinajstić information content (AvgIpc) is 2.70. The van der Waals surface area contributed by atoms with Gasteiger partial charge in [0, 0.05) is 42.8 Å². The molecule has 0 unspecified atom stereocenters. The van der Waals surface area contributed by atoms with Crippen LogP contribution >= 0.6 is 0 Å². The molecule has 27 heavy (non-hydrogen) atoms. The Morgan fingerprint density at radius 2 is 1.70 bits per heavy atom. The summed E-state index contributed by atoms with van der Waals surface area (Å²) in [6.07, 6.45) is 5.15. The number of nitrogens with one attached hydrogen (secondary N) is 1. The van der Waals surface area contributed by atoms with E-state index in [4.69, 9.17) is 11.7 Å². The summed E-state index contributed by atoms with van der Waals surface area (Å²) < 4.78 is 20.0. The van der Waals surface area contributed by atoms with Crippen LogP contribution in [0.25, 0.3) is 22.3 Å². The minimum atomic E-state index is -0.329. The Balaban J connectivity index is 1.54. The lowest BCUT2D eigenvalue weighted by Gasteiger charge is -2.22. The Labute approximate surface area is 158 Å². The van der Waals surface area contributed by atoms with Crippen molar-refractivity contribution in [3.63, 3.8) is 0 Å². The van der Waals surface area contributed by atoms with Crippen LogP contribution in [0.2, 0.25) is 0 Å². The first-order valence-electron chi connectivity index (χ1n) is 9.02. The largest absolute Gasteiger partial charge is 0.381 e. The van der Waals surface area contributed by atoms with E-state index in [0.29, 0.717) is 28.7 Å². The molecule has 5 heteroatoms. The van der Waals surface area contributed by atoms with Crippen LogP contribution in [0.3, 0.4) is 0 Å². The van der Waals surface area contributed by atoms with Gasteiger partial charge in [0.1, 0.15) is 5.82 Å². The van der Waals surface area contributed by atoms with Crippen molar-refractivity contribution in [3.8, 4) is 22.3 Å². The first-order chi connectivity index (χ1) is 13.2. The molecule has 1 aliphatic rings. The maximum Gasteiger partial charge on any atom is 0.222 e. The van der Waals surface area contributed by atoms with Crippen molar-refractivity contribution in [2.24, 2.45) is 0 Å². The zero-order chi connectivity index (χ0) is 18.6. The van der Waals surface area contributed by atoms with Gasteiger partial charge in [-0.25, -0.2) is 14.4 Å². The molecule has 1 aromatic heterocycles. The second-order valence-corrected chi connectivity index (χ2v) is 6.61. The lowest BCUT2D eigenvalue weighted by Crippen LogP contribution is -2.28. The van der Waals surface area contributed by atoms with E-state index in [1.807, 2.05) is 24.3 Å². The standard InChI is InChI=1S/C22H20FN3O/c1-15-4-2-3-5-19(15)16-6-7-20(21(23)12-16)17-13-24-22(25-14-17)26-18-8-10-27-11-9-18/h1-7,12-14,18H,8-11H2,(H,24,25,26). The van der Waals surface area contributed by atoms with Crippen molar-refractivity contribution in [1.29, 1.82) is 0 Å². The minimum absolute atomic E-state index is 0.317. The van der Waals surface area contributed by atoms with Crippen molar-refractivity contribution >= 4 is 5.95 Å². The number of hydrogen-bond acceptors (Lipinski definition) is 4. The topological polar surface area (TPSA) is 47.0 Å². The number of aromatic nitrogens is 2. The lowest BCUT2D eigenvalue weighted by molar-refractivity contribution is 0.0903. The van der Waals surface area contributed by atoms with Crippen LogP contribution in [0, 0.1) is 12.7 Å². The molecular formula is C22H20FN3O.